The molecule has 0 unspecified atom stereocenters. The molecule has 9 heteroatoms. The molecule has 1 atom stereocenters. The highest BCUT2D eigenvalue weighted by Crippen LogP contribution is 2.33. The van der Waals surface area contributed by atoms with Crippen LogP contribution < -0.4 is 24.4 Å². The molecule has 7 nitrogen and oxygen atoms in total. The van der Waals surface area contributed by atoms with E-state index in [-0.39, 0.29) is 11.7 Å². The Morgan fingerprint density at radius 1 is 1.21 bits per heavy atom. The Morgan fingerprint density at radius 3 is 2.64 bits per heavy atom. The molecule has 0 aliphatic carbocycles. The van der Waals surface area contributed by atoms with Crippen LogP contribution in [0.2, 0.25) is 0 Å². The second-order valence-electron chi connectivity index (χ2n) is 7.66. The highest BCUT2D eigenvalue weighted by Gasteiger charge is 2.34. The largest absolute Gasteiger partial charge is 0.497 e. The molecular weight excluding hydrogens is 460 g/mol. The minimum atomic E-state index is -0.590. The number of thiophene rings is 1. The Hall–Kier alpha value is -3.17. The molecule has 0 spiro atoms. The van der Waals surface area contributed by atoms with Crippen molar-refractivity contribution < 1.29 is 19.0 Å². The van der Waals surface area contributed by atoms with Crippen LogP contribution in [-0.2, 0) is 9.53 Å². The standard InChI is InChI=1S/C24H24N2O5S2/c1-13(2)31-23(28)20-14(3)25-24-26(21(20)18-7-6-10-32-18)22(27)19(33-24)11-15-8-9-16(29-4)12-17(15)30-5/h6-13,21H,1-5H3/b19-11+/t21-/m0/s1. The molecule has 172 valence electrons. The van der Waals surface area contributed by atoms with Gasteiger partial charge in [-0.2, -0.15) is 0 Å². The van der Waals surface area contributed by atoms with E-state index in [0.29, 0.717) is 32.1 Å². The maximum absolute atomic E-state index is 13.6. The summed E-state index contributed by atoms with van der Waals surface area (Å²) in [6.45, 7) is 5.37. The number of allylic oxidation sites excluding steroid dienone is 1. The summed E-state index contributed by atoms with van der Waals surface area (Å²) >= 11 is 2.76. The van der Waals surface area contributed by atoms with Crippen LogP contribution in [0.15, 0.2) is 56.8 Å². The van der Waals surface area contributed by atoms with Gasteiger partial charge >= 0.3 is 5.97 Å². The summed E-state index contributed by atoms with van der Waals surface area (Å²) in [5.41, 5.74) is 1.45. The number of benzene rings is 1. The van der Waals surface area contributed by atoms with Crippen LogP contribution in [0.1, 0.15) is 37.3 Å². The van der Waals surface area contributed by atoms with Crippen LogP contribution >= 0.6 is 22.7 Å². The van der Waals surface area contributed by atoms with Gasteiger partial charge in [-0.3, -0.25) is 9.36 Å². The van der Waals surface area contributed by atoms with Crippen molar-refractivity contribution in [3.8, 4) is 11.5 Å². The van der Waals surface area contributed by atoms with E-state index in [0.717, 1.165) is 10.4 Å². The molecule has 33 heavy (non-hydrogen) atoms. The van der Waals surface area contributed by atoms with Gasteiger partial charge in [-0.05, 0) is 50.4 Å². The third-order valence-electron chi connectivity index (χ3n) is 5.12. The van der Waals surface area contributed by atoms with Crippen molar-refractivity contribution >= 4 is 34.7 Å². The van der Waals surface area contributed by atoms with E-state index < -0.39 is 12.0 Å². The van der Waals surface area contributed by atoms with Crippen molar-refractivity contribution in [2.75, 3.05) is 14.2 Å². The predicted molar refractivity (Wildman–Crippen MR) is 129 cm³/mol. The fourth-order valence-corrected chi connectivity index (χ4v) is 5.52. The Kier molecular flexibility index (Phi) is 6.53. The van der Waals surface area contributed by atoms with Gasteiger partial charge < -0.3 is 14.2 Å². The number of ether oxygens (including phenoxy) is 3. The van der Waals surface area contributed by atoms with Crippen LogP contribution in [0, 0.1) is 0 Å². The zero-order chi connectivity index (χ0) is 23.7. The van der Waals surface area contributed by atoms with E-state index in [2.05, 4.69) is 4.99 Å². The van der Waals surface area contributed by atoms with Crippen LogP contribution in [0.5, 0.6) is 11.5 Å². The summed E-state index contributed by atoms with van der Waals surface area (Å²) in [5, 5.41) is 1.92. The van der Waals surface area contributed by atoms with E-state index in [1.165, 1.54) is 22.7 Å². The Bertz CT molecular complexity index is 1400. The summed E-state index contributed by atoms with van der Waals surface area (Å²) in [6.07, 6.45) is 1.49. The van der Waals surface area contributed by atoms with Crippen LogP contribution in [0.3, 0.4) is 0 Å². The second kappa shape index (κ2) is 9.36. The van der Waals surface area contributed by atoms with Crippen molar-refractivity contribution in [1.29, 1.82) is 0 Å². The third kappa shape index (κ3) is 4.38. The first-order valence-corrected chi connectivity index (χ1v) is 12.0. The number of esters is 1. The van der Waals surface area contributed by atoms with Gasteiger partial charge in [0.1, 0.15) is 17.5 Å². The highest BCUT2D eigenvalue weighted by atomic mass is 32.1. The number of rotatable bonds is 6. The molecule has 0 saturated carbocycles. The van der Waals surface area contributed by atoms with Gasteiger partial charge in [0.25, 0.3) is 5.56 Å². The molecule has 3 heterocycles. The Labute approximate surface area is 198 Å². The van der Waals surface area contributed by atoms with Crippen molar-refractivity contribution in [2.24, 2.45) is 4.99 Å². The van der Waals surface area contributed by atoms with E-state index in [1.54, 1.807) is 51.7 Å². The highest BCUT2D eigenvalue weighted by molar-refractivity contribution is 7.10. The zero-order valence-corrected chi connectivity index (χ0v) is 20.6. The molecule has 0 amide bonds. The number of hydrogen-bond donors (Lipinski definition) is 0. The minimum absolute atomic E-state index is 0.225. The van der Waals surface area contributed by atoms with Gasteiger partial charge in [-0.15, -0.1) is 11.3 Å². The number of nitrogens with zero attached hydrogens (tertiary/aromatic N) is 2. The molecule has 0 radical (unpaired) electrons. The van der Waals surface area contributed by atoms with Crippen molar-refractivity contribution in [3.63, 3.8) is 0 Å². The van der Waals surface area contributed by atoms with E-state index in [9.17, 15) is 9.59 Å². The number of carbonyl (C=O) groups excluding carboxylic acids is 1. The fraction of sp³-hybridized carbons (Fsp3) is 0.292. The number of fused-ring (bicyclic) bond motifs is 1. The lowest BCUT2D eigenvalue weighted by Crippen LogP contribution is -2.39. The minimum Gasteiger partial charge on any atom is -0.497 e. The topological polar surface area (TPSA) is 79.1 Å². The number of hydrogen-bond acceptors (Lipinski definition) is 8. The van der Waals surface area contributed by atoms with E-state index in [1.807, 2.05) is 29.6 Å². The smallest absolute Gasteiger partial charge is 0.338 e. The maximum Gasteiger partial charge on any atom is 0.338 e. The first kappa shape index (κ1) is 23.0. The van der Waals surface area contributed by atoms with Gasteiger partial charge in [0.2, 0.25) is 0 Å². The lowest BCUT2D eigenvalue weighted by Gasteiger charge is -2.24. The first-order valence-electron chi connectivity index (χ1n) is 10.3. The summed E-state index contributed by atoms with van der Waals surface area (Å²) in [5.74, 6) is 0.787. The summed E-state index contributed by atoms with van der Waals surface area (Å²) in [6, 6.07) is 8.64. The molecule has 4 rings (SSSR count). The van der Waals surface area contributed by atoms with Crippen molar-refractivity contribution in [3.05, 3.63) is 77.1 Å². The molecule has 1 aromatic carbocycles. The molecule has 2 aromatic heterocycles. The number of thiazole rings is 1. The van der Waals surface area contributed by atoms with Crippen LogP contribution in [-0.4, -0.2) is 30.9 Å². The summed E-state index contributed by atoms with van der Waals surface area (Å²) < 4.78 is 18.3. The maximum atomic E-state index is 13.6. The van der Waals surface area contributed by atoms with Crippen molar-refractivity contribution in [2.45, 2.75) is 32.9 Å². The first-order chi connectivity index (χ1) is 15.8. The lowest BCUT2D eigenvalue weighted by molar-refractivity contribution is -0.143. The number of aromatic nitrogens is 1. The second-order valence-corrected chi connectivity index (χ2v) is 9.65. The molecule has 0 N–H and O–H groups in total. The number of methoxy groups -OCH3 is 2. The molecule has 0 fully saturated rings. The van der Waals surface area contributed by atoms with Gasteiger partial charge in [0.15, 0.2) is 4.80 Å². The summed E-state index contributed by atoms with van der Waals surface area (Å²) in [4.78, 5) is 32.6. The number of carbonyl (C=O) groups is 1. The van der Waals surface area contributed by atoms with E-state index >= 15 is 0 Å². The fourth-order valence-electron chi connectivity index (χ4n) is 3.66. The van der Waals surface area contributed by atoms with Gasteiger partial charge in [0, 0.05) is 16.5 Å². The average molecular weight is 485 g/mol. The molecule has 0 bridgehead atoms. The van der Waals surface area contributed by atoms with E-state index in [4.69, 9.17) is 14.2 Å². The molecule has 3 aromatic rings. The van der Waals surface area contributed by atoms with Crippen molar-refractivity contribution in [1.82, 2.24) is 4.57 Å². The SMILES string of the molecule is COc1ccc(/C=c2/sc3n(c2=O)[C@@H](c2cccs2)C(C(=O)OC(C)C)=C(C)N=3)c(OC)c1. The van der Waals surface area contributed by atoms with Crippen LogP contribution in [0.25, 0.3) is 6.08 Å². The molecule has 1 aliphatic rings. The molecular formula is C24H24N2O5S2. The predicted octanol–water partition coefficient (Wildman–Crippen LogP) is 3.27. The average Bonchev–Trinajstić information content (AvgIpc) is 3.41. The molecule has 1 aliphatic heterocycles. The zero-order valence-electron chi connectivity index (χ0n) is 18.9. The monoisotopic (exact) mass is 484 g/mol. The lowest BCUT2D eigenvalue weighted by atomic mass is 10.0. The Morgan fingerprint density at radius 2 is 2.00 bits per heavy atom. The summed E-state index contributed by atoms with van der Waals surface area (Å²) in [7, 11) is 3.15. The third-order valence-corrected chi connectivity index (χ3v) is 7.03. The molecule has 0 saturated heterocycles. The quantitative estimate of drug-likeness (QED) is 0.502. The van der Waals surface area contributed by atoms with Crippen LogP contribution in [0.4, 0.5) is 0 Å². The van der Waals surface area contributed by atoms with Gasteiger partial charge in [-0.1, -0.05) is 17.4 Å². The van der Waals surface area contributed by atoms with Gasteiger partial charge in [-0.25, -0.2) is 9.79 Å². The normalized spacial score (nSPS) is 15.9. The Balaban J connectivity index is 1.91. The van der Waals surface area contributed by atoms with Gasteiger partial charge in [0.05, 0.1) is 36.1 Å².